The van der Waals surface area contributed by atoms with Crippen LogP contribution in [0, 0.1) is 0 Å². The molecular formula is C26H19Cl2N3O4S. The molecule has 3 aromatic carbocycles. The third kappa shape index (κ3) is 5.16. The van der Waals surface area contributed by atoms with Crippen molar-refractivity contribution < 1.29 is 19.4 Å². The highest BCUT2D eigenvalue weighted by Gasteiger charge is 2.26. The van der Waals surface area contributed by atoms with Gasteiger partial charge in [0.15, 0.2) is 0 Å². The van der Waals surface area contributed by atoms with Crippen LogP contribution in [0.5, 0.6) is 17.2 Å². The first-order valence-electron chi connectivity index (χ1n) is 10.9. The van der Waals surface area contributed by atoms with Gasteiger partial charge in [0.05, 0.1) is 17.4 Å². The van der Waals surface area contributed by atoms with Gasteiger partial charge < -0.3 is 14.6 Å². The second-order valence-corrected chi connectivity index (χ2v) is 9.82. The zero-order valence-electron chi connectivity index (χ0n) is 18.7. The second kappa shape index (κ2) is 10.2. The number of fused-ring (bicyclic) bond motifs is 1. The SMILES string of the molecule is C=C(O)C1CCOc2cc(Oc3ccc(C(=O)Nc4nnc(-c5ccc(Cl)cc5)s4)cc3)c(Cl)cc21. The van der Waals surface area contributed by atoms with E-state index >= 15 is 0 Å². The Labute approximate surface area is 220 Å². The van der Waals surface area contributed by atoms with Gasteiger partial charge in [0.2, 0.25) is 5.13 Å². The molecule has 1 unspecified atom stereocenters. The number of ether oxygens (including phenoxy) is 2. The number of hydrogen-bond donors (Lipinski definition) is 2. The highest BCUT2D eigenvalue weighted by molar-refractivity contribution is 7.18. The van der Waals surface area contributed by atoms with Crippen LogP contribution < -0.4 is 14.8 Å². The van der Waals surface area contributed by atoms with Crippen molar-refractivity contribution in [3.8, 4) is 27.8 Å². The molecule has 2 heterocycles. The third-order valence-corrected chi connectivity index (χ3v) is 7.02. The highest BCUT2D eigenvalue weighted by Crippen LogP contribution is 2.43. The van der Waals surface area contributed by atoms with Gasteiger partial charge in [-0.1, -0.05) is 53.3 Å². The second-order valence-electron chi connectivity index (χ2n) is 8.00. The van der Waals surface area contributed by atoms with Crippen molar-refractivity contribution in [1.29, 1.82) is 0 Å². The van der Waals surface area contributed by atoms with E-state index in [2.05, 4.69) is 22.1 Å². The van der Waals surface area contributed by atoms with E-state index < -0.39 is 0 Å². The Balaban J connectivity index is 1.26. The summed E-state index contributed by atoms with van der Waals surface area (Å²) in [4.78, 5) is 12.7. The number of carbonyl (C=O) groups is 1. The fourth-order valence-electron chi connectivity index (χ4n) is 3.77. The third-order valence-electron chi connectivity index (χ3n) is 5.59. The lowest BCUT2D eigenvalue weighted by atomic mass is 9.92. The first-order chi connectivity index (χ1) is 17.4. The molecule has 4 aromatic rings. The average Bonchev–Trinajstić information content (AvgIpc) is 3.33. The van der Waals surface area contributed by atoms with Crippen LogP contribution in [0.1, 0.15) is 28.3 Å². The minimum Gasteiger partial charge on any atom is -0.512 e. The number of aliphatic hydroxyl groups is 1. The maximum Gasteiger partial charge on any atom is 0.257 e. The van der Waals surface area contributed by atoms with Gasteiger partial charge in [-0.25, -0.2) is 0 Å². The van der Waals surface area contributed by atoms with Crippen LogP contribution in [-0.4, -0.2) is 27.8 Å². The first kappa shape index (κ1) is 24.1. The summed E-state index contributed by atoms with van der Waals surface area (Å²) in [6.45, 7) is 4.10. The molecule has 182 valence electrons. The van der Waals surface area contributed by atoms with E-state index in [-0.39, 0.29) is 17.6 Å². The van der Waals surface area contributed by atoms with Crippen molar-refractivity contribution in [3.63, 3.8) is 0 Å². The van der Waals surface area contributed by atoms with Crippen LogP contribution >= 0.6 is 34.5 Å². The van der Waals surface area contributed by atoms with Crippen molar-refractivity contribution in [1.82, 2.24) is 10.2 Å². The molecule has 0 bridgehead atoms. The summed E-state index contributed by atoms with van der Waals surface area (Å²) in [6.07, 6.45) is 0.627. The number of carbonyl (C=O) groups excluding carboxylic acids is 1. The zero-order valence-corrected chi connectivity index (χ0v) is 21.0. The molecule has 7 nitrogen and oxygen atoms in total. The number of allylic oxidation sites excluding steroid dienone is 1. The predicted molar refractivity (Wildman–Crippen MR) is 141 cm³/mol. The Morgan fingerprint density at radius 2 is 1.86 bits per heavy atom. The lowest BCUT2D eigenvalue weighted by molar-refractivity contribution is 0.102. The molecule has 10 heteroatoms. The highest BCUT2D eigenvalue weighted by atomic mass is 35.5. The van der Waals surface area contributed by atoms with E-state index in [0.717, 1.165) is 11.1 Å². The monoisotopic (exact) mass is 539 g/mol. The fourth-order valence-corrected chi connectivity index (χ4v) is 4.85. The van der Waals surface area contributed by atoms with Crippen molar-refractivity contribution >= 4 is 45.6 Å². The lowest BCUT2D eigenvalue weighted by Crippen LogP contribution is -2.15. The maximum absolute atomic E-state index is 12.7. The summed E-state index contributed by atoms with van der Waals surface area (Å²) >= 11 is 13.6. The number of benzene rings is 3. The number of nitrogens with one attached hydrogen (secondary N) is 1. The van der Waals surface area contributed by atoms with Gasteiger partial charge in [0, 0.05) is 33.7 Å². The summed E-state index contributed by atoms with van der Waals surface area (Å²) in [6, 6.07) is 17.3. The summed E-state index contributed by atoms with van der Waals surface area (Å²) in [7, 11) is 0. The number of anilines is 1. The van der Waals surface area contributed by atoms with E-state index in [1.807, 2.05) is 12.1 Å². The van der Waals surface area contributed by atoms with Gasteiger partial charge in [-0.3, -0.25) is 10.1 Å². The summed E-state index contributed by atoms with van der Waals surface area (Å²) < 4.78 is 11.6. The first-order valence-corrected chi connectivity index (χ1v) is 12.5. The van der Waals surface area contributed by atoms with Gasteiger partial charge in [0.1, 0.15) is 22.3 Å². The number of amides is 1. The van der Waals surface area contributed by atoms with Gasteiger partial charge in [-0.05, 0) is 48.9 Å². The molecule has 0 aliphatic carbocycles. The molecule has 1 aromatic heterocycles. The molecule has 1 atom stereocenters. The van der Waals surface area contributed by atoms with Gasteiger partial charge >= 0.3 is 0 Å². The molecule has 0 saturated carbocycles. The molecule has 36 heavy (non-hydrogen) atoms. The predicted octanol–water partition coefficient (Wildman–Crippen LogP) is 7.49. The topological polar surface area (TPSA) is 93.6 Å². The Morgan fingerprint density at radius 1 is 1.11 bits per heavy atom. The van der Waals surface area contributed by atoms with E-state index in [9.17, 15) is 9.90 Å². The Morgan fingerprint density at radius 3 is 2.58 bits per heavy atom. The van der Waals surface area contributed by atoms with Crippen LogP contribution in [0.15, 0.2) is 73.0 Å². The fraction of sp³-hybridized carbons (Fsp3) is 0.115. The molecule has 1 aliphatic rings. The number of aromatic nitrogens is 2. The summed E-state index contributed by atoms with van der Waals surface area (Å²) in [5, 5.41) is 22.9. The van der Waals surface area contributed by atoms with Crippen molar-refractivity contribution in [2.24, 2.45) is 0 Å². The minimum atomic E-state index is -0.323. The van der Waals surface area contributed by atoms with Crippen LogP contribution in [-0.2, 0) is 0 Å². The van der Waals surface area contributed by atoms with Crippen LogP contribution in [0.3, 0.4) is 0 Å². The van der Waals surface area contributed by atoms with Gasteiger partial charge in [-0.2, -0.15) is 0 Å². The Hall–Kier alpha value is -3.59. The van der Waals surface area contributed by atoms with Crippen LogP contribution in [0.25, 0.3) is 10.6 Å². The standard InChI is InChI=1S/C26H19Cl2N3O4S/c1-14(32)19-10-11-34-22-13-23(21(28)12-20(19)22)35-18-8-4-15(5-9-18)24(33)29-26-31-30-25(36-26)16-2-6-17(27)7-3-16/h2-9,12-13,19,32H,1,10-11H2,(H,29,31,33). The molecule has 0 spiro atoms. The zero-order chi connectivity index (χ0) is 25.2. The lowest BCUT2D eigenvalue weighted by Gasteiger charge is -2.26. The van der Waals surface area contributed by atoms with Gasteiger partial charge in [0.25, 0.3) is 5.91 Å². The van der Waals surface area contributed by atoms with E-state index in [0.29, 0.717) is 56.0 Å². The molecule has 1 amide bonds. The molecule has 0 radical (unpaired) electrons. The minimum absolute atomic E-state index is 0.0767. The van der Waals surface area contributed by atoms with Crippen molar-refractivity contribution in [2.75, 3.05) is 11.9 Å². The number of rotatable bonds is 6. The maximum atomic E-state index is 12.7. The van der Waals surface area contributed by atoms with Crippen LogP contribution in [0.4, 0.5) is 5.13 Å². The number of halogens is 2. The summed E-state index contributed by atoms with van der Waals surface area (Å²) in [5.74, 6) is 1.01. The van der Waals surface area contributed by atoms with Crippen LogP contribution in [0.2, 0.25) is 10.0 Å². The molecule has 2 N–H and O–H groups in total. The molecule has 0 fully saturated rings. The average molecular weight is 540 g/mol. The largest absolute Gasteiger partial charge is 0.512 e. The normalized spacial score (nSPS) is 14.4. The molecular weight excluding hydrogens is 521 g/mol. The van der Waals surface area contributed by atoms with E-state index in [4.69, 9.17) is 32.7 Å². The van der Waals surface area contributed by atoms with E-state index in [1.54, 1.807) is 48.5 Å². The molecule has 0 saturated heterocycles. The van der Waals surface area contributed by atoms with Gasteiger partial charge in [-0.15, -0.1) is 10.2 Å². The smallest absolute Gasteiger partial charge is 0.257 e. The quantitative estimate of drug-likeness (QED) is 0.246. The van der Waals surface area contributed by atoms with E-state index in [1.165, 1.54) is 11.3 Å². The molecule has 1 aliphatic heterocycles. The number of nitrogens with zero attached hydrogens (tertiary/aromatic N) is 2. The van der Waals surface area contributed by atoms with Crippen molar-refractivity contribution in [3.05, 3.63) is 94.2 Å². The number of hydrogen-bond acceptors (Lipinski definition) is 7. The summed E-state index contributed by atoms with van der Waals surface area (Å²) in [5.41, 5.74) is 2.06. The molecule has 5 rings (SSSR count). The Bertz CT molecular complexity index is 1440. The Kier molecular flexibility index (Phi) is 6.82. The van der Waals surface area contributed by atoms with Crippen molar-refractivity contribution in [2.45, 2.75) is 12.3 Å². The number of aliphatic hydroxyl groups excluding tert-OH is 1.